The van der Waals surface area contributed by atoms with Crippen molar-refractivity contribution in [3.8, 4) is 0 Å². The molecule has 0 atom stereocenters. The molecule has 0 fully saturated rings. The van der Waals surface area contributed by atoms with E-state index in [1.165, 1.54) is 18.2 Å². The zero-order chi connectivity index (χ0) is 15.6. The molecule has 1 aromatic heterocycles. The number of carbonyl (C=O) groups excluding carboxylic acids is 1. The summed E-state index contributed by atoms with van der Waals surface area (Å²) < 4.78 is 38.5. The molecule has 0 saturated heterocycles. The minimum Gasteiger partial charge on any atom is -0.397 e. The predicted octanol–water partition coefficient (Wildman–Crippen LogP) is 3.59. The van der Waals surface area contributed by atoms with Crippen LogP contribution in [-0.2, 0) is 6.18 Å². The van der Waals surface area contributed by atoms with Crippen LogP contribution >= 0.6 is 11.6 Å². The third-order valence-electron chi connectivity index (χ3n) is 2.63. The number of carbonyl (C=O) groups is 1. The molecule has 0 bridgehead atoms. The standard InChI is InChI=1S/C13H9ClF3N3O/c14-11-5-7(9(18)6-19-11)12(21)20-10-4-2-1-3-8(10)13(15,16)17/h1-6H,18H2,(H,20,21). The van der Waals surface area contributed by atoms with Gasteiger partial charge in [-0.05, 0) is 18.2 Å². The van der Waals surface area contributed by atoms with Crippen molar-refractivity contribution in [2.75, 3.05) is 11.1 Å². The Kier molecular flexibility index (Phi) is 4.04. The number of nitrogen functional groups attached to an aromatic ring is 1. The van der Waals surface area contributed by atoms with Gasteiger partial charge in [0.05, 0.1) is 28.7 Å². The van der Waals surface area contributed by atoms with E-state index >= 15 is 0 Å². The lowest BCUT2D eigenvalue weighted by atomic mass is 10.1. The van der Waals surface area contributed by atoms with E-state index in [9.17, 15) is 18.0 Å². The lowest BCUT2D eigenvalue weighted by molar-refractivity contribution is -0.136. The van der Waals surface area contributed by atoms with Crippen LogP contribution < -0.4 is 11.1 Å². The number of amides is 1. The van der Waals surface area contributed by atoms with Gasteiger partial charge in [-0.3, -0.25) is 4.79 Å². The van der Waals surface area contributed by atoms with Gasteiger partial charge in [-0.25, -0.2) is 4.98 Å². The Morgan fingerprint density at radius 2 is 1.95 bits per heavy atom. The number of rotatable bonds is 2. The maximum absolute atomic E-state index is 12.8. The molecule has 0 unspecified atom stereocenters. The van der Waals surface area contributed by atoms with Gasteiger partial charge in [0.25, 0.3) is 5.91 Å². The van der Waals surface area contributed by atoms with Crippen molar-refractivity contribution in [2.24, 2.45) is 0 Å². The summed E-state index contributed by atoms with van der Waals surface area (Å²) in [6, 6.07) is 5.82. The third kappa shape index (κ3) is 3.43. The summed E-state index contributed by atoms with van der Waals surface area (Å²) in [5.74, 6) is -0.798. The minimum atomic E-state index is -4.58. The number of halogens is 4. The fourth-order valence-electron chi connectivity index (χ4n) is 1.67. The van der Waals surface area contributed by atoms with E-state index in [1.807, 2.05) is 0 Å². The van der Waals surface area contributed by atoms with E-state index in [-0.39, 0.29) is 22.1 Å². The van der Waals surface area contributed by atoms with Gasteiger partial charge < -0.3 is 11.1 Å². The van der Waals surface area contributed by atoms with Crippen molar-refractivity contribution < 1.29 is 18.0 Å². The molecule has 0 aliphatic carbocycles. The van der Waals surface area contributed by atoms with Crippen LogP contribution in [0.2, 0.25) is 5.15 Å². The van der Waals surface area contributed by atoms with E-state index in [0.29, 0.717) is 0 Å². The number of nitrogens with one attached hydrogen (secondary N) is 1. The first-order valence-corrected chi connectivity index (χ1v) is 6.05. The summed E-state index contributed by atoms with van der Waals surface area (Å²) in [5, 5.41) is 2.19. The van der Waals surface area contributed by atoms with Gasteiger partial charge in [0, 0.05) is 0 Å². The molecular formula is C13H9ClF3N3O. The van der Waals surface area contributed by atoms with Gasteiger partial charge in [0.15, 0.2) is 0 Å². The van der Waals surface area contributed by atoms with Gasteiger partial charge in [0.2, 0.25) is 0 Å². The average molecular weight is 316 g/mol. The average Bonchev–Trinajstić information content (AvgIpc) is 2.41. The number of nitrogens with two attached hydrogens (primary N) is 1. The molecule has 1 amide bonds. The van der Waals surface area contributed by atoms with Crippen LogP contribution in [0.4, 0.5) is 24.5 Å². The van der Waals surface area contributed by atoms with Crippen molar-refractivity contribution in [2.45, 2.75) is 6.18 Å². The topological polar surface area (TPSA) is 68.0 Å². The molecule has 8 heteroatoms. The molecule has 1 heterocycles. The van der Waals surface area contributed by atoms with Crippen LogP contribution in [0.15, 0.2) is 36.5 Å². The Balaban J connectivity index is 2.35. The first kappa shape index (κ1) is 15.1. The highest BCUT2D eigenvalue weighted by atomic mass is 35.5. The van der Waals surface area contributed by atoms with Crippen LogP contribution in [-0.4, -0.2) is 10.9 Å². The van der Waals surface area contributed by atoms with Crippen LogP contribution in [0.3, 0.4) is 0 Å². The van der Waals surface area contributed by atoms with E-state index in [4.69, 9.17) is 17.3 Å². The quantitative estimate of drug-likeness (QED) is 0.832. The zero-order valence-electron chi connectivity index (χ0n) is 10.4. The second kappa shape index (κ2) is 5.61. The van der Waals surface area contributed by atoms with Gasteiger partial charge in [-0.15, -0.1) is 0 Å². The lowest BCUT2D eigenvalue weighted by Gasteiger charge is -2.14. The molecule has 21 heavy (non-hydrogen) atoms. The summed E-state index contributed by atoms with van der Waals surface area (Å²) in [5.41, 5.74) is 4.22. The van der Waals surface area contributed by atoms with E-state index in [1.54, 1.807) is 0 Å². The molecule has 3 N–H and O–H groups in total. The van der Waals surface area contributed by atoms with Gasteiger partial charge >= 0.3 is 6.18 Å². The maximum Gasteiger partial charge on any atom is 0.418 e. The third-order valence-corrected chi connectivity index (χ3v) is 2.83. The van der Waals surface area contributed by atoms with Crippen LogP contribution in [0.1, 0.15) is 15.9 Å². The highest BCUT2D eigenvalue weighted by Gasteiger charge is 2.33. The number of hydrogen-bond donors (Lipinski definition) is 2. The highest BCUT2D eigenvalue weighted by molar-refractivity contribution is 6.30. The molecule has 0 spiro atoms. The number of pyridine rings is 1. The van der Waals surface area contributed by atoms with Gasteiger partial charge in [-0.1, -0.05) is 23.7 Å². The fourth-order valence-corrected chi connectivity index (χ4v) is 1.82. The first-order chi connectivity index (χ1) is 9.79. The smallest absolute Gasteiger partial charge is 0.397 e. The minimum absolute atomic E-state index is 0.0125. The Bertz CT molecular complexity index is 689. The summed E-state index contributed by atoms with van der Waals surface area (Å²) in [6.07, 6.45) is -3.42. The summed E-state index contributed by atoms with van der Waals surface area (Å²) >= 11 is 5.64. The van der Waals surface area contributed by atoms with Crippen LogP contribution in [0.25, 0.3) is 0 Å². The molecule has 0 aliphatic heterocycles. The van der Waals surface area contributed by atoms with Crippen LogP contribution in [0.5, 0.6) is 0 Å². The summed E-state index contributed by atoms with van der Waals surface area (Å²) in [6.45, 7) is 0. The summed E-state index contributed by atoms with van der Waals surface area (Å²) in [7, 11) is 0. The molecule has 0 saturated carbocycles. The summed E-state index contributed by atoms with van der Waals surface area (Å²) in [4.78, 5) is 15.7. The Hall–Kier alpha value is -2.28. The molecule has 0 radical (unpaired) electrons. The lowest BCUT2D eigenvalue weighted by Crippen LogP contribution is -2.18. The fraction of sp³-hybridized carbons (Fsp3) is 0.0769. The molecule has 0 aliphatic rings. The SMILES string of the molecule is Nc1cnc(Cl)cc1C(=O)Nc1ccccc1C(F)(F)F. The van der Waals surface area contributed by atoms with Crippen molar-refractivity contribution in [3.63, 3.8) is 0 Å². The van der Waals surface area contributed by atoms with Crippen LogP contribution in [0, 0.1) is 0 Å². The number of benzene rings is 1. The molecule has 4 nitrogen and oxygen atoms in total. The molecule has 2 aromatic rings. The van der Waals surface area contributed by atoms with E-state index < -0.39 is 17.6 Å². The molecular weight excluding hydrogens is 307 g/mol. The monoisotopic (exact) mass is 315 g/mol. The number of para-hydroxylation sites is 1. The highest BCUT2D eigenvalue weighted by Crippen LogP contribution is 2.34. The second-order valence-electron chi connectivity index (χ2n) is 4.09. The maximum atomic E-state index is 12.8. The molecule has 1 aromatic carbocycles. The van der Waals surface area contributed by atoms with E-state index in [2.05, 4.69) is 10.3 Å². The Morgan fingerprint density at radius 3 is 2.62 bits per heavy atom. The number of alkyl halides is 3. The van der Waals surface area contributed by atoms with E-state index in [0.717, 1.165) is 18.3 Å². The van der Waals surface area contributed by atoms with Crippen molar-refractivity contribution in [1.29, 1.82) is 0 Å². The van der Waals surface area contributed by atoms with Gasteiger partial charge in [-0.2, -0.15) is 13.2 Å². The Labute approximate surface area is 122 Å². The zero-order valence-corrected chi connectivity index (χ0v) is 11.2. The first-order valence-electron chi connectivity index (χ1n) is 5.67. The van der Waals surface area contributed by atoms with Crippen molar-refractivity contribution in [3.05, 3.63) is 52.8 Å². The van der Waals surface area contributed by atoms with Crippen molar-refractivity contribution in [1.82, 2.24) is 4.98 Å². The number of nitrogens with zero attached hydrogens (tertiary/aromatic N) is 1. The second-order valence-corrected chi connectivity index (χ2v) is 4.48. The predicted molar refractivity (Wildman–Crippen MR) is 73.1 cm³/mol. The molecule has 110 valence electrons. The molecule has 2 rings (SSSR count). The normalized spacial score (nSPS) is 11.2. The van der Waals surface area contributed by atoms with Crippen molar-refractivity contribution >= 4 is 28.9 Å². The van der Waals surface area contributed by atoms with Gasteiger partial charge in [0.1, 0.15) is 5.15 Å². The number of anilines is 2. The Morgan fingerprint density at radius 1 is 1.29 bits per heavy atom. The largest absolute Gasteiger partial charge is 0.418 e. The number of hydrogen-bond acceptors (Lipinski definition) is 3. The number of aromatic nitrogens is 1.